The van der Waals surface area contributed by atoms with Gasteiger partial charge in [-0.05, 0) is 29.8 Å². The molecule has 0 radical (unpaired) electrons. The number of hydrogen-bond donors (Lipinski definition) is 1. The molecule has 2 aromatic rings. The van der Waals surface area contributed by atoms with E-state index in [0.29, 0.717) is 36.9 Å². The maximum Gasteiger partial charge on any atom is 0.417 e. The number of aromatic nitrogens is 1. The van der Waals surface area contributed by atoms with Crippen molar-refractivity contribution in [2.45, 2.75) is 22.6 Å². The number of halogens is 3. The second kappa shape index (κ2) is 9.98. The minimum Gasteiger partial charge on any atom is -0.379 e. The molecule has 1 aromatic heterocycles. The number of amides is 1. The SMILES string of the molecule is O=C(CSc1ccc(C(F)(F)F)cn1)NCc1ccc(S(=O)(=O)N2CCOCC2)cc1. The van der Waals surface area contributed by atoms with Crippen LogP contribution in [-0.4, -0.2) is 55.7 Å². The van der Waals surface area contributed by atoms with Gasteiger partial charge in [0, 0.05) is 25.8 Å². The van der Waals surface area contributed by atoms with Gasteiger partial charge in [-0.3, -0.25) is 4.79 Å². The zero-order valence-corrected chi connectivity index (χ0v) is 17.9. The van der Waals surface area contributed by atoms with Gasteiger partial charge in [-0.25, -0.2) is 13.4 Å². The molecule has 0 spiro atoms. The van der Waals surface area contributed by atoms with Crippen LogP contribution >= 0.6 is 11.8 Å². The molecule has 12 heteroatoms. The Morgan fingerprint density at radius 2 is 1.81 bits per heavy atom. The largest absolute Gasteiger partial charge is 0.417 e. The Morgan fingerprint density at radius 3 is 2.39 bits per heavy atom. The highest BCUT2D eigenvalue weighted by molar-refractivity contribution is 7.99. The van der Waals surface area contributed by atoms with E-state index in [9.17, 15) is 26.4 Å². The minimum atomic E-state index is -4.45. The van der Waals surface area contributed by atoms with Crippen LogP contribution in [0.4, 0.5) is 13.2 Å². The van der Waals surface area contributed by atoms with Crippen molar-refractivity contribution in [3.63, 3.8) is 0 Å². The number of nitrogens with one attached hydrogen (secondary N) is 1. The molecule has 0 aliphatic carbocycles. The van der Waals surface area contributed by atoms with Gasteiger partial charge in [0.15, 0.2) is 0 Å². The van der Waals surface area contributed by atoms with E-state index in [1.165, 1.54) is 22.5 Å². The second-order valence-electron chi connectivity index (χ2n) is 6.61. The smallest absolute Gasteiger partial charge is 0.379 e. The molecule has 0 unspecified atom stereocenters. The van der Waals surface area contributed by atoms with Gasteiger partial charge in [-0.15, -0.1) is 0 Å². The topological polar surface area (TPSA) is 88.6 Å². The highest BCUT2D eigenvalue weighted by atomic mass is 32.2. The molecule has 7 nitrogen and oxygen atoms in total. The molecule has 168 valence electrons. The number of hydrogen-bond acceptors (Lipinski definition) is 6. The molecular formula is C19H20F3N3O4S2. The summed E-state index contributed by atoms with van der Waals surface area (Å²) in [5.74, 6) is -0.335. The van der Waals surface area contributed by atoms with Crippen LogP contribution in [0.5, 0.6) is 0 Å². The van der Waals surface area contributed by atoms with Crippen molar-refractivity contribution in [2.24, 2.45) is 0 Å². The number of morpholine rings is 1. The highest BCUT2D eigenvalue weighted by Gasteiger charge is 2.30. The Labute approximate surface area is 182 Å². The lowest BCUT2D eigenvalue weighted by molar-refractivity contribution is -0.137. The van der Waals surface area contributed by atoms with Crippen molar-refractivity contribution in [3.05, 3.63) is 53.7 Å². The van der Waals surface area contributed by atoms with Crippen LogP contribution in [0, 0.1) is 0 Å². The fourth-order valence-electron chi connectivity index (χ4n) is 2.74. The van der Waals surface area contributed by atoms with E-state index in [4.69, 9.17) is 4.74 Å². The Balaban J connectivity index is 1.48. The number of benzene rings is 1. The van der Waals surface area contributed by atoms with E-state index < -0.39 is 21.8 Å². The lowest BCUT2D eigenvalue weighted by atomic mass is 10.2. The van der Waals surface area contributed by atoms with Crippen LogP contribution in [-0.2, 0) is 32.3 Å². The van der Waals surface area contributed by atoms with Gasteiger partial charge in [0.2, 0.25) is 15.9 Å². The lowest BCUT2D eigenvalue weighted by Crippen LogP contribution is -2.40. The van der Waals surface area contributed by atoms with Crippen molar-refractivity contribution in [3.8, 4) is 0 Å². The number of carbonyl (C=O) groups is 1. The third-order valence-corrected chi connectivity index (χ3v) is 7.29. The number of nitrogens with zero attached hydrogens (tertiary/aromatic N) is 2. The molecule has 31 heavy (non-hydrogen) atoms. The number of sulfonamides is 1. The standard InChI is InChI=1S/C19H20F3N3O4S2/c20-19(21,22)15-3-6-18(24-12-15)30-13-17(26)23-11-14-1-4-16(5-2-14)31(27,28)25-7-9-29-10-8-25/h1-6,12H,7-11,13H2,(H,23,26). The van der Waals surface area contributed by atoms with Crippen LogP contribution < -0.4 is 5.32 Å². The summed E-state index contributed by atoms with van der Waals surface area (Å²) in [5, 5.41) is 2.99. The number of pyridine rings is 1. The molecule has 1 amide bonds. The summed E-state index contributed by atoms with van der Waals surface area (Å²) in [6.45, 7) is 1.54. The number of carbonyl (C=O) groups excluding carboxylic acids is 1. The van der Waals surface area contributed by atoms with Gasteiger partial charge in [0.05, 0.1) is 34.5 Å². The first-order valence-electron chi connectivity index (χ1n) is 9.26. The summed E-state index contributed by atoms with van der Waals surface area (Å²) < 4.78 is 69.3. The van der Waals surface area contributed by atoms with Crippen molar-refractivity contribution < 1.29 is 31.1 Å². The average molecular weight is 476 g/mol. The maximum atomic E-state index is 12.6. The average Bonchev–Trinajstić information content (AvgIpc) is 2.77. The van der Waals surface area contributed by atoms with Gasteiger partial charge >= 0.3 is 6.18 Å². The zero-order chi connectivity index (χ0) is 22.5. The van der Waals surface area contributed by atoms with E-state index >= 15 is 0 Å². The van der Waals surface area contributed by atoms with Crippen LogP contribution in [0.1, 0.15) is 11.1 Å². The van der Waals surface area contributed by atoms with Gasteiger partial charge in [-0.2, -0.15) is 17.5 Å². The molecular weight excluding hydrogens is 455 g/mol. The second-order valence-corrected chi connectivity index (χ2v) is 9.54. The summed E-state index contributed by atoms with van der Waals surface area (Å²) in [7, 11) is -3.58. The first-order valence-corrected chi connectivity index (χ1v) is 11.7. The molecule has 1 aliphatic heterocycles. The fraction of sp³-hybridized carbons (Fsp3) is 0.368. The normalized spacial score (nSPS) is 15.6. The van der Waals surface area contributed by atoms with Crippen LogP contribution in [0.25, 0.3) is 0 Å². The number of thioether (sulfide) groups is 1. The first kappa shape index (κ1) is 23.5. The zero-order valence-electron chi connectivity index (χ0n) is 16.3. The summed E-state index contributed by atoms with van der Waals surface area (Å²) in [6, 6.07) is 8.37. The molecule has 1 N–H and O–H groups in total. The van der Waals surface area contributed by atoms with Crippen LogP contribution in [0.3, 0.4) is 0 Å². The van der Waals surface area contributed by atoms with Crippen molar-refractivity contribution in [2.75, 3.05) is 32.1 Å². The molecule has 1 saturated heterocycles. The maximum absolute atomic E-state index is 12.6. The highest BCUT2D eigenvalue weighted by Crippen LogP contribution is 2.29. The number of alkyl halides is 3. The molecule has 3 rings (SSSR count). The Hall–Kier alpha value is -2.15. The molecule has 2 heterocycles. The number of rotatable bonds is 7. The predicted molar refractivity (Wildman–Crippen MR) is 108 cm³/mol. The van der Waals surface area contributed by atoms with Crippen LogP contribution in [0.15, 0.2) is 52.5 Å². The molecule has 1 fully saturated rings. The van der Waals surface area contributed by atoms with E-state index in [2.05, 4.69) is 10.3 Å². The fourth-order valence-corrected chi connectivity index (χ4v) is 4.82. The minimum absolute atomic E-state index is 0.0120. The van der Waals surface area contributed by atoms with Gasteiger partial charge in [-0.1, -0.05) is 23.9 Å². The predicted octanol–water partition coefficient (Wildman–Crippen LogP) is 2.53. The first-order chi connectivity index (χ1) is 14.7. The van der Waals surface area contributed by atoms with Crippen molar-refractivity contribution in [1.29, 1.82) is 0 Å². The van der Waals surface area contributed by atoms with Crippen LogP contribution in [0.2, 0.25) is 0 Å². The molecule has 0 bridgehead atoms. The Morgan fingerprint density at radius 1 is 1.13 bits per heavy atom. The van der Waals surface area contributed by atoms with Gasteiger partial charge in [0.25, 0.3) is 0 Å². The van der Waals surface area contributed by atoms with Crippen molar-refractivity contribution >= 4 is 27.7 Å². The summed E-state index contributed by atoms with van der Waals surface area (Å²) in [6.07, 6.45) is -3.72. The lowest BCUT2D eigenvalue weighted by Gasteiger charge is -2.26. The summed E-state index contributed by atoms with van der Waals surface area (Å²) in [4.78, 5) is 15.9. The van der Waals surface area contributed by atoms with Gasteiger partial charge < -0.3 is 10.1 Å². The van der Waals surface area contributed by atoms with E-state index in [1.807, 2.05) is 0 Å². The van der Waals surface area contributed by atoms with Gasteiger partial charge in [0.1, 0.15) is 0 Å². The Bertz CT molecular complexity index is 992. The van der Waals surface area contributed by atoms with E-state index in [-0.39, 0.29) is 23.1 Å². The summed E-state index contributed by atoms with van der Waals surface area (Å²) >= 11 is 1.02. The third kappa shape index (κ3) is 6.42. The molecule has 1 aliphatic rings. The third-order valence-electron chi connectivity index (χ3n) is 4.44. The molecule has 1 aromatic carbocycles. The van der Waals surface area contributed by atoms with E-state index in [1.54, 1.807) is 12.1 Å². The molecule has 0 saturated carbocycles. The quantitative estimate of drug-likeness (QED) is 0.620. The molecule has 0 atom stereocenters. The Kier molecular flexibility index (Phi) is 7.57. The monoisotopic (exact) mass is 475 g/mol. The van der Waals surface area contributed by atoms with Crippen molar-refractivity contribution in [1.82, 2.24) is 14.6 Å². The number of ether oxygens (including phenoxy) is 1. The van der Waals surface area contributed by atoms with E-state index in [0.717, 1.165) is 24.0 Å². The summed E-state index contributed by atoms with van der Waals surface area (Å²) in [5.41, 5.74) is -0.132.